The van der Waals surface area contributed by atoms with Crippen LogP contribution in [0.25, 0.3) is 0 Å². The second kappa shape index (κ2) is 8.98. The molecule has 1 heterocycles. The molecule has 6 heteroatoms. The minimum Gasteiger partial charge on any atom is -0.376 e. The number of amides is 1. The smallest absolute Gasteiger partial charge is 0.241 e. The fraction of sp³-hybridized carbons (Fsp3) is 0.875. The maximum atomic E-state index is 11.6. The predicted molar refractivity (Wildman–Crippen MR) is 87.9 cm³/mol. The van der Waals surface area contributed by atoms with Crippen molar-refractivity contribution in [2.75, 3.05) is 19.7 Å². The van der Waals surface area contributed by atoms with Gasteiger partial charge in [-0.25, -0.2) is 4.99 Å². The molecule has 2 aliphatic rings. The van der Waals surface area contributed by atoms with Gasteiger partial charge < -0.3 is 20.7 Å². The molecular weight excluding hydrogens is 280 g/mol. The molecule has 0 unspecified atom stereocenters. The van der Waals surface area contributed by atoms with Crippen molar-refractivity contribution in [3.63, 3.8) is 0 Å². The molecule has 126 valence electrons. The largest absolute Gasteiger partial charge is 0.376 e. The lowest BCUT2D eigenvalue weighted by molar-refractivity contribution is -0.119. The Morgan fingerprint density at radius 2 is 2.05 bits per heavy atom. The van der Waals surface area contributed by atoms with E-state index in [9.17, 15) is 4.79 Å². The van der Waals surface area contributed by atoms with Crippen LogP contribution in [0.2, 0.25) is 0 Å². The molecule has 0 aromatic heterocycles. The van der Waals surface area contributed by atoms with Gasteiger partial charge in [-0.3, -0.25) is 4.79 Å². The number of ether oxygens (including phenoxy) is 1. The minimum absolute atomic E-state index is 0.0419. The Balaban J connectivity index is 1.90. The monoisotopic (exact) mass is 310 g/mol. The maximum absolute atomic E-state index is 11.6. The first-order chi connectivity index (χ1) is 10.7. The summed E-state index contributed by atoms with van der Waals surface area (Å²) >= 11 is 0. The summed E-state index contributed by atoms with van der Waals surface area (Å²) in [5, 5.41) is 9.66. The van der Waals surface area contributed by atoms with E-state index in [2.05, 4.69) is 27.9 Å². The van der Waals surface area contributed by atoms with Crippen molar-refractivity contribution in [1.29, 1.82) is 0 Å². The van der Waals surface area contributed by atoms with Gasteiger partial charge in [0.2, 0.25) is 5.91 Å². The van der Waals surface area contributed by atoms with Crippen molar-refractivity contribution in [2.24, 2.45) is 4.99 Å². The molecule has 0 aromatic carbocycles. The SMILES string of the molecule is CCNC(=O)CN=C(NC1CCCC1)N[C@H](C)[C@H]1CCCO1. The summed E-state index contributed by atoms with van der Waals surface area (Å²) in [6.07, 6.45) is 7.33. The second-order valence-electron chi connectivity index (χ2n) is 6.23. The number of aliphatic imine (C=N–C) groups is 1. The predicted octanol–water partition coefficient (Wildman–Crippen LogP) is 1.17. The van der Waals surface area contributed by atoms with Crippen LogP contribution in [0.5, 0.6) is 0 Å². The van der Waals surface area contributed by atoms with Gasteiger partial charge >= 0.3 is 0 Å². The van der Waals surface area contributed by atoms with Crippen LogP contribution >= 0.6 is 0 Å². The highest BCUT2D eigenvalue weighted by atomic mass is 16.5. The fourth-order valence-electron chi connectivity index (χ4n) is 3.11. The van der Waals surface area contributed by atoms with Gasteiger partial charge in [0.15, 0.2) is 5.96 Å². The summed E-state index contributed by atoms with van der Waals surface area (Å²) in [5.41, 5.74) is 0. The van der Waals surface area contributed by atoms with Gasteiger partial charge in [-0.15, -0.1) is 0 Å². The molecule has 1 aliphatic carbocycles. The van der Waals surface area contributed by atoms with Crippen LogP contribution in [0, 0.1) is 0 Å². The highest BCUT2D eigenvalue weighted by Crippen LogP contribution is 2.18. The highest BCUT2D eigenvalue weighted by molar-refractivity contribution is 5.85. The van der Waals surface area contributed by atoms with Crippen LogP contribution in [-0.4, -0.2) is 49.8 Å². The molecule has 1 aliphatic heterocycles. The number of hydrogen-bond donors (Lipinski definition) is 3. The third-order valence-corrected chi connectivity index (χ3v) is 4.34. The minimum atomic E-state index is -0.0419. The van der Waals surface area contributed by atoms with Crippen LogP contribution in [0.3, 0.4) is 0 Å². The van der Waals surface area contributed by atoms with Crippen LogP contribution in [-0.2, 0) is 9.53 Å². The molecule has 2 fully saturated rings. The maximum Gasteiger partial charge on any atom is 0.241 e. The first-order valence-electron chi connectivity index (χ1n) is 8.65. The summed E-state index contributed by atoms with van der Waals surface area (Å²) in [5.74, 6) is 0.695. The van der Waals surface area contributed by atoms with Gasteiger partial charge in [0, 0.05) is 19.2 Å². The summed E-state index contributed by atoms with van der Waals surface area (Å²) in [4.78, 5) is 16.1. The molecular formula is C16H30N4O2. The molecule has 0 radical (unpaired) electrons. The van der Waals surface area contributed by atoms with E-state index in [1.807, 2.05) is 6.92 Å². The topological polar surface area (TPSA) is 74.8 Å². The van der Waals surface area contributed by atoms with Gasteiger partial charge in [0.25, 0.3) is 0 Å². The lowest BCUT2D eigenvalue weighted by Gasteiger charge is -2.24. The van der Waals surface area contributed by atoms with Crippen molar-refractivity contribution < 1.29 is 9.53 Å². The number of guanidine groups is 1. The first-order valence-corrected chi connectivity index (χ1v) is 8.65. The molecule has 1 saturated carbocycles. The normalized spacial score (nSPS) is 24.3. The number of nitrogens with one attached hydrogen (secondary N) is 3. The lowest BCUT2D eigenvalue weighted by Crippen LogP contribution is -2.49. The number of rotatable bonds is 6. The molecule has 0 bridgehead atoms. The van der Waals surface area contributed by atoms with E-state index in [-0.39, 0.29) is 24.6 Å². The van der Waals surface area contributed by atoms with Crippen molar-refractivity contribution in [3.8, 4) is 0 Å². The lowest BCUT2D eigenvalue weighted by atomic mass is 10.1. The van der Waals surface area contributed by atoms with Gasteiger partial charge in [-0.2, -0.15) is 0 Å². The van der Waals surface area contributed by atoms with E-state index in [0.717, 1.165) is 25.4 Å². The Bertz CT molecular complexity index is 374. The third-order valence-electron chi connectivity index (χ3n) is 4.34. The molecule has 0 spiro atoms. The Hall–Kier alpha value is -1.30. The Morgan fingerprint density at radius 3 is 2.68 bits per heavy atom. The van der Waals surface area contributed by atoms with E-state index >= 15 is 0 Å². The summed E-state index contributed by atoms with van der Waals surface area (Å²) in [7, 11) is 0. The molecule has 6 nitrogen and oxygen atoms in total. The van der Waals surface area contributed by atoms with Crippen LogP contribution < -0.4 is 16.0 Å². The summed E-state index contributed by atoms with van der Waals surface area (Å²) in [6.45, 7) is 5.68. The molecule has 1 saturated heterocycles. The van der Waals surface area contributed by atoms with Gasteiger partial charge in [-0.05, 0) is 39.5 Å². The van der Waals surface area contributed by atoms with Gasteiger partial charge in [0.1, 0.15) is 6.54 Å². The Kier molecular flexibility index (Phi) is 6.96. The molecule has 22 heavy (non-hydrogen) atoms. The van der Waals surface area contributed by atoms with Crippen LogP contribution in [0.15, 0.2) is 4.99 Å². The van der Waals surface area contributed by atoms with E-state index in [1.165, 1.54) is 25.7 Å². The number of carbonyl (C=O) groups excluding carboxylic acids is 1. The van der Waals surface area contributed by atoms with Gasteiger partial charge in [-0.1, -0.05) is 12.8 Å². The van der Waals surface area contributed by atoms with Gasteiger partial charge in [0.05, 0.1) is 12.1 Å². The fourth-order valence-corrected chi connectivity index (χ4v) is 3.11. The van der Waals surface area contributed by atoms with E-state index in [1.54, 1.807) is 0 Å². The van der Waals surface area contributed by atoms with Crippen LogP contribution in [0.1, 0.15) is 52.4 Å². The van der Waals surface area contributed by atoms with E-state index in [4.69, 9.17) is 4.74 Å². The molecule has 1 amide bonds. The third kappa shape index (κ3) is 5.48. The molecule has 3 N–H and O–H groups in total. The first kappa shape index (κ1) is 17.1. The zero-order valence-electron chi connectivity index (χ0n) is 13.9. The van der Waals surface area contributed by atoms with Crippen molar-refractivity contribution in [3.05, 3.63) is 0 Å². The number of nitrogens with zero attached hydrogens (tertiary/aromatic N) is 1. The van der Waals surface area contributed by atoms with E-state index < -0.39 is 0 Å². The number of likely N-dealkylation sites (N-methyl/N-ethyl adjacent to an activating group) is 1. The quantitative estimate of drug-likeness (QED) is 0.508. The number of hydrogen-bond acceptors (Lipinski definition) is 3. The van der Waals surface area contributed by atoms with E-state index in [0.29, 0.717) is 12.6 Å². The second-order valence-corrected chi connectivity index (χ2v) is 6.23. The Labute approximate surface area is 133 Å². The average Bonchev–Trinajstić information content (AvgIpc) is 3.18. The highest BCUT2D eigenvalue weighted by Gasteiger charge is 2.24. The summed E-state index contributed by atoms with van der Waals surface area (Å²) in [6, 6.07) is 0.668. The average molecular weight is 310 g/mol. The number of carbonyl (C=O) groups is 1. The molecule has 2 rings (SSSR count). The van der Waals surface area contributed by atoms with Crippen molar-refractivity contribution in [1.82, 2.24) is 16.0 Å². The Morgan fingerprint density at radius 1 is 1.27 bits per heavy atom. The molecule has 0 aromatic rings. The van der Waals surface area contributed by atoms with Crippen molar-refractivity contribution in [2.45, 2.75) is 70.6 Å². The zero-order chi connectivity index (χ0) is 15.8. The standard InChI is InChI=1S/C16H30N4O2/c1-3-17-15(21)11-18-16(20-13-7-4-5-8-13)19-12(2)14-9-6-10-22-14/h12-14H,3-11H2,1-2H3,(H,17,21)(H2,18,19,20)/t12-,14-/m1/s1. The van der Waals surface area contributed by atoms with Crippen molar-refractivity contribution >= 4 is 11.9 Å². The van der Waals surface area contributed by atoms with Crippen LogP contribution in [0.4, 0.5) is 0 Å². The molecule has 2 atom stereocenters. The zero-order valence-corrected chi connectivity index (χ0v) is 13.9. The summed E-state index contributed by atoms with van der Waals surface area (Å²) < 4.78 is 5.73.